The average Bonchev–Trinajstić information content (AvgIpc) is 3.35. The number of hydrogen-bond donors (Lipinski definition) is 0. The third kappa shape index (κ3) is 3.82. The van der Waals surface area contributed by atoms with Crippen molar-refractivity contribution in [2.45, 2.75) is 38.3 Å². The Kier molecular flexibility index (Phi) is 4.94. The standard InChI is InChI=1S/C18H26N6O/c25-18-7-6-17(23-9-3-8-19-23)20-24(18)15-12-21-10-13-22(14-11-21)16-4-1-2-5-16/h3,6-9,16H,1-2,4-5,10-15H2. The Morgan fingerprint density at radius 1 is 1.04 bits per heavy atom. The molecule has 0 aromatic carbocycles. The van der Waals surface area contributed by atoms with Crippen molar-refractivity contribution in [2.24, 2.45) is 0 Å². The monoisotopic (exact) mass is 342 g/mol. The van der Waals surface area contributed by atoms with Crippen LogP contribution in [-0.4, -0.2) is 68.1 Å². The molecule has 2 aromatic heterocycles. The van der Waals surface area contributed by atoms with Gasteiger partial charge in [0.1, 0.15) is 0 Å². The summed E-state index contributed by atoms with van der Waals surface area (Å²) in [7, 11) is 0. The van der Waals surface area contributed by atoms with Crippen LogP contribution in [0.3, 0.4) is 0 Å². The topological polar surface area (TPSA) is 59.2 Å². The van der Waals surface area contributed by atoms with Crippen LogP contribution < -0.4 is 5.56 Å². The molecule has 25 heavy (non-hydrogen) atoms. The molecule has 7 heteroatoms. The molecule has 2 aliphatic rings. The predicted octanol–water partition coefficient (Wildman–Crippen LogP) is 0.989. The smallest absolute Gasteiger partial charge is 0.266 e. The van der Waals surface area contributed by atoms with Crippen molar-refractivity contribution in [3.63, 3.8) is 0 Å². The van der Waals surface area contributed by atoms with E-state index in [2.05, 4.69) is 20.0 Å². The van der Waals surface area contributed by atoms with E-state index in [0.29, 0.717) is 12.4 Å². The molecule has 1 aliphatic carbocycles. The molecule has 0 spiro atoms. The summed E-state index contributed by atoms with van der Waals surface area (Å²) < 4.78 is 3.23. The summed E-state index contributed by atoms with van der Waals surface area (Å²) in [6.45, 7) is 5.97. The highest BCUT2D eigenvalue weighted by molar-refractivity contribution is 5.17. The second-order valence-corrected chi connectivity index (χ2v) is 7.02. The van der Waals surface area contributed by atoms with Gasteiger partial charge in [0, 0.05) is 57.2 Å². The fourth-order valence-corrected chi connectivity index (χ4v) is 3.98. The van der Waals surface area contributed by atoms with Gasteiger partial charge in [-0.25, -0.2) is 9.36 Å². The largest absolute Gasteiger partial charge is 0.299 e. The molecule has 134 valence electrons. The van der Waals surface area contributed by atoms with Gasteiger partial charge in [-0.1, -0.05) is 12.8 Å². The first kappa shape index (κ1) is 16.5. The van der Waals surface area contributed by atoms with E-state index < -0.39 is 0 Å². The number of hydrogen-bond acceptors (Lipinski definition) is 5. The number of rotatable bonds is 5. The summed E-state index contributed by atoms with van der Waals surface area (Å²) in [5.74, 6) is 0.677. The van der Waals surface area contributed by atoms with Gasteiger partial charge in [0.25, 0.3) is 5.56 Å². The molecule has 3 heterocycles. The van der Waals surface area contributed by atoms with Gasteiger partial charge in [0.2, 0.25) is 0 Å². The van der Waals surface area contributed by atoms with E-state index in [9.17, 15) is 4.79 Å². The Bertz CT molecular complexity index is 726. The predicted molar refractivity (Wildman–Crippen MR) is 95.9 cm³/mol. The highest BCUT2D eigenvalue weighted by Crippen LogP contribution is 2.24. The van der Waals surface area contributed by atoms with Gasteiger partial charge in [-0.15, -0.1) is 5.10 Å². The number of nitrogens with zero attached hydrogens (tertiary/aromatic N) is 6. The van der Waals surface area contributed by atoms with E-state index in [1.165, 1.54) is 25.7 Å². The first-order chi connectivity index (χ1) is 12.3. The Hall–Kier alpha value is -1.99. The fourth-order valence-electron chi connectivity index (χ4n) is 3.98. The van der Waals surface area contributed by atoms with Gasteiger partial charge in [-0.05, 0) is 25.0 Å². The highest BCUT2D eigenvalue weighted by atomic mass is 16.1. The van der Waals surface area contributed by atoms with E-state index in [0.717, 1.165) is 38.8 Å². The third-order valence-corrected chi connectivity index (χ3v) is 5.47. The van der Waals surface area contributed by atoms with Crippen molar-refractivity contribution >= 4 is 0 Å². The Morgan fingerprint density at radius 3 is 2.56 bits per heavy atom. The van der Waals surface area contributed by atoms with Gasteiger partial charge >= 0.3 is 0 Å². The van der Waals surface area contributed by atoms with Crippen LogP contribution in [0.4, 0.5) is 0 Å². The number of aromatic nitrogens is 4. The van der Waals surface area contributed by atoms with E-state index >= 15 is 0 Å². The third-order valence-electron chi connectivity index (χ3n) is 5.47. The van der Waals surface area contributed by atoms with Crippen molar-refractivity contribution in [1.29, 1.82) is 0 Å². The van der Waals surface area contributed by atoms with Gasteiger partial charge in [-0.2, -0.15) is 5.10 Å². The zero-order valence-corrected chi connectivity index (χ0v) is 14.6. The number of piperazine rings is 1. The molecule has 0 atom stereocenters. The molecule has 1 saturated carbocycles. The second kappa shape index (κ2) is 7.49. The van der Waals surface area contributed by atoms with Crippen molar-refractivity contribution in [3.8, 4) is 5.82 Å². The lowest BCUT2D eigenvalue weighted by molar-refractivity contribution is 0.0947. The quantitative estimate of drug-likeness (QED) is 0.811. The molecule has 2 fully saturated rings. The molecule has 2 aromatic rings. The van der Waals surface area contributed by atoms with Crippen LogP contribution in [0.15, 0.2) is 35.4 Å². The fraction of sp³-hybridized carbons (Fsp3) is 0.611. The van der Waals surface area contributed by atoms with Crippen molar-refractivity contribution < 1.29 is 0 Å². The summed E-state index contributed by atoms with van der Waals surface area (Å²) in [6, 6.07) is 5.95. The van der Waals surface area contributed by atoms with E-state index in [1.807, 2.05) is 12.3 Å². The van der Waals surface area contributed by atoms with Gasteiger partial charge in [0.05, 0.1) is 6.54 Å². The Balaban J connectivity index is 1.33. The summed E-state index contributed by atoms with van der Waals surface area (Å²) in [5.41, 5.74) is -0.0551. The summed E-state index contributed by atoms with van der Waals surface area (Å²) in [5, 5.41) is 8.62. The van der Waals surface area contributed by atoms with Gasteiger partial charge in [0.15, 0.2) is 5.82 Å². The van der Waals surface area contributed by atoms with Gasteiger partial charge in [-0.3, -0.25) is 14.6 Å². The molecule has 1 aliphatic heterocycles. The second-order valence-electron chi connectivity index (χ2n) is 7.02. The van der Waals surface area contributed by atoms with Crippen LogP contribution >= 0.6 is 0 Å². The lowest BCUT2D eigenvalue weighted by Gasteiger charge is -2.38. The Morgan fingerprint density at radius 2 is 1.84 bits per heavy atom. The van der Waals surface area contributed by atoms with Crippen LogP contribution in [0.2, 0.25) is 0 Å². The Labute approximate surface area is 147 Å². The van der Waals surface area contributed by atoms with Crippen molar-refractivity contribution in [1.82, 2.24) is 29.4 Å². The summed E-state index contributed by atoms with van der Waals surface area (Å²) in [6.07, 6.45) is 9.08. The van der Waals surface area contributed by atoms with E-state index in [1.54, 1.807) is 27.7 Å². The lowest BCUT2D eigenvalue weighted by atomic mass is 10.2. The van der Waals surface area contributed by atoms with Crippen LogP contribution in [0.1, 0.15) is 25.7 Å². The molecule has 4 rings (SSSR count). The molecule has 0 bridgehead atoms. The zero-order chi connectivity index (χ0) is 17.1. The van der Waals surface area contributed by atoms with E-state index in [-0.39, 0.29) is 5.56 Å². The molecule has 7 nitrogen and oxygen atoms in total. The normalized spacial score (nSPS) is 20.3. The molecule has 0 N–H and O–H groups in total. The molecule has 0 amide bonds. The van der Waals surface area contributed by atoms with Gasteiger partial charge < -0.3 is 0 Å². The maximum Gasteiger partial charge on any atom is 0.266 e. The molecule has 0 radical (unpaired) electrons. The van der Waals surface area contributed by atoms with Crippen LogP contribution in [-0.2, 0) is 6.54 Å². The first-order valence-electron chi connectivity index (χ1n) is 9.34. The van der Waals surface area contributed by atoms with E-state index in [4.69, 9.17) is 0 Å². The maximum absolute atomic E-state index is 12.1. The van der Waals surface area contributed by atoms with Crippen molar-refractivity contribution in [3.05, 3.63) is 40.9 Å². The average molecular weight is 342 g/mol. The van der Waals surface area contributed by atoms with Crippen LogP contribution in [0.25, 0.3) is 5.82 Å². The molecular weight excluding hydrogens is 316 g/mol. The maximum atomic E-state index is 12.1. The van der Waals surface area contributed by atoms with Crippen molar-refractivity contribution in [2.75, 3.05) is 32.7 Å². The zero-order valence-electron chi connectivity index (χ0n) is 14.6. The highest BCUT2D eigenvalue weighted by Gasteiger charge is 2.25. The minimum atomic E-state index is -0.0551. The first-order valence-corrected chi connectivity index (χ1v) is 9.34. The minimum Gasteiger partial charge on any atom is -0.299 e. The lowest BCUT2D eigenvalue weighted by Crippen LogP contribution is -2.50. The van der Waals surface area contributed by atoms with Crippen LogP contribution in [0, 0.1) is 0 Å². The molecular formula is C18H26N6O. The molecule has 1 saturated heterocycles. The minimum absolute atomic E-state index is 0.0551. The summed E-state index contributed by atoms with van der Waals surface area (Å²) >= 11 is 0. The van der Waals surface area contributed by atoms with Crippen LogP contribution in [0.5, 0.6) is 0 Å². The molecule has 0 unspecified atom stereocenters. The summed E-state index contributed by atoms with van der Waals surface area (Å²) in [4.78, 5) is 17.2. The SMILES string of the molecule is O=c1ccc(-n2cccn2)nn1CCN1CCN(C2CCCC2)CC1.